The molecule has 126 valence electrons. The molecule has 3 aromatic heterocycles. The number of hydrogen-bond donors (Lipinski definition) is 0. The van der Waals surface area contributed by atoms with Gasteiger partial charge in [0.1, 0.15) is 11.5 Å². The van der Waals surface area contributed by atoms with Gasteiger partial charge in [0, 0.05) is 49.6 Å². The number of nitrogens with zero attached hydrogens (tertiary/aromatic N) is 4. The van der Waals surface area contributed by atoms with Crippen LogP contribution in [0.3, 0.4) is 0 Å². The zero-order chi connectivity index (χ0) is 17.0. The molecular weight excluding hydrogens is 316 g/mol. The highest BCUT2D eigenvalue weighted by Gasteiger charge is 2.35. The Kier molecular flexibility index (Phi) is 3.07. The molecule has 1 fully saturated rings. The lowest BCUT2D eigenvalue weighted by Crippen LogP contribution is -2.47. The summed E-state index contributed by atoms with van der Waals surface area (Å²) in [7, 11) is 0. The third kappa shape index (κ3) is 2.28. The third-order valence-corrected chi connectivity index (χ3v) is 5.36. The fourth-order valence-electron chi connectivity index (χ4n) is 4.29. The minimum Gasteiger partial charge on any atom is -0.355 e. The zero-order valence-corrected chi connectivity index (χ0v) is 13.7. The standard InChI is InChI=1S/C19H18N4O2/c24-18-6-3-4-15-14-8-13(11-23(15)18)10-21(12-14)17-9-19(25)22-7-2-1-5-16(22)20-17/h1-7,9,13-14H,8,10-12H2. The lowest BCUT2D eigenvalue weighted by molar-refractivity contribution is 0.280. The van der Waals surface area contributed by atoms with Gasteiger partial charge in [0.25, 0.3) is 11.1 Å². The van der Waals surface area contributed by atoms with E-state index < -0.39 is 0 Å². The van der Waals surface area contributed by atoms with Crippen LogP contribution in [0.2, 0.25) is 0 Å². The van der Waals surface area contributed by atoms with Crippen LogP contribution in [0.1, 0.15) is 18.0 Å². The summed E-state index contributed by atoms with van der Waals surface area (Å²) in [6, 6.07) is 12.7. The summed E-state index contributed by atoms with van der Waals surface area (Å²) in [5.41, 5.74) is 1.79. The minimum absolute atomic E-state index is 0.0621. The normalized spacial score (nSPS) is 22.0. The number of rotatable bonds is 1. The Morgan fingerprint density at radius 1 is 0.960 bits per heavy atom. The van der Waals surface area contributed by atoms with Crippen LogP contribution < -0.4 is 16.0 Å². The van der Waals surface area contributed by atoms with Crippen molar-refractivity contribution in [1.82, 2.24) is 14.0 Å². The van der Waals surface area contributed by atoms with E-state index in [-0.39, 0.29) is 11.1 Å². The van der Waals surface area contributed by atoms with Crippen LogP contribution in [0.15, 0.2) is 58.3 Å². The molecule has 0 N–H and O–H groups in total. The highest BCUT2D eigenvalue weighted by Crippen LogP contribution is 2.36. The molecule has 1 saturated heterocycles. The highest BCUT2D eigenvalue weighted by atomic mass is 16.1. The molecule has 0 spiro atoms. The van der Waals surface area contributed by atoms with Crippen LogP contribution in [0.5, 0.6) is 0 Å². The molecule has 2 unspecified atom stereocenters. The van der Waals surface area contributed by atoms with Crippen LogP contribution in [0, 0.1) is 5.92 Å². The van der Waals surface area contributed by atoms with E-state index in [1.807, 2.05) is 28.8 Å². The molecule has 0 aliphatic carbocycles. The van der Waals surface area contributed by atoms with Crippen molar-refractivity contribution >= 4 is 11.5 Å². The Bertz CT molecular complexity index is 1080. The van der Waals surface area contributed by atoms with Gasteiger partial charge in [0.2, 0.25) is 0 Å². The fourth-order valence-corrected chi connectivity index (χ4v) is 4.29. The molecule has 2 bridgehead atoms. The quantitative estimate of drug-likeness (QED) is 0.676. The smallest absolute Gasteiger partial charge is 0.259 e. The summed E-state index contributed by atoms with van der Waals surface area (Å²) in [5.74, 6) is 1.44. The second-order valence-corrected chi connectivity index (χ2v) is 6.98. The van der Waals surface area contributed by atoms with E-state index in [1.165, 1.54) is 0 Å². The molecular formula is C19H18N4O2. The molecule has 2 aliphatic heterocycles. The largest absolute Gasteiger partial charge is 0.355 e. The molecule has 6 heteroatoms. The van der Waals surface area contributed by atoms with E-state index in [0.717, 1.165) is 37.6 Å². The van der Waals surface area contributed by atoms with Crippen molar-refractivity contribution in [3.63, 3.8) is 0 Å². The summed E-state index contributed by atoms with van der Waals surface area (Å²) in [4.78, 5) is 31.4. The van der Waals surface area contributed by atoms with Gasteiger partial charge in [-0.3, -0.25) is 14.0 Å². The maximum Gasteiger partial charge on any atom is 0.259 e. The van der Waals surface area contributed by atoms with Crippen molar-refractivity contribution in [2.24, 2.45) is 5.92 Å². The molecule has 3 aromatic rings. The van der Waals surface area contributed by atoms with Gasteiger partial charge in [-0.25, -0.2) is 4.98 Å². The summed E-state index contributed by atoms with van der Waals surface area (Å²) in [6.45, 7) is 2.36. The Morgan fingerprint density at radius 3 is 2.80 bits per heavy atom. The summed E-state index contributed by atoms with van der Waals surface area (Å²) in [6.07, 6.45) is 2.83. The first kappa shape index (κ1) is 14.5. The monoisotopic (exact) mass is 334 g/mol. The zero-order valence-electron chi connectivity index (χ0n) is 13.7. The average Bonchev–Trinajstić information content (AvgIpc) is 2.62. The Labute approximate surface area is 144 Å². The molecule has 0 saturated carbocycles. The van der Waals surface area contributed by atoms with Crippen LogP contribution in [-0.2, 0) is 6.54 Å². The lowest BCUT2D eigenvalue weighted by atomic mass is 9.83. The van der Waals surface area contributed by atoms with Crippen molar-refractivity contribution in [1.29, 1.82) is 0 Å². The van der Waals surface area contributed by atoms with Crippen LogP contribution in [0.4, 0.5) is 5.82 Å². The maximum absolute atomic E-state index is 12.4. The Morgan fingerprint density at radius 2 is 1.88 bits per heavy atom. The molecule has 2 aliphatic rings. The molecule has 0 radical (unpaired) electrons. The van der Waals surface area contributed by atoms with E-state index in [9.17, 15) is 9.59 Å². The van der Waals surface area contributed by atoms with Gasteiger partial charge in [-0.15, -0.1) is 0 Å². The van der Waals surface area contributed by atoms with E-state index in [0.29, 0.717) is 17.5 Å². The first-order valence-corrected chi connectivity index (χ1v) is 8.62. The van der Waals surface area contributed by atoms with Crippen molar-refractivity contribution in [3.05, 3.63) is 75.1 Å². The average molecular weight is 334 g/mol. The van der Waals surface area contributed by atoms with Crippen LogP contribution in [-0.4, -0.2) is 27.0 Å². The molecule has 6 nitrogen and oxygen atoms in total. The van der Waals surface area contributed by atoms with Gasteiger partial charge < -0.3 is 9.47 Å². The molecule has 2 atom stereocenters. The predicted molar refractivity (Wildman–Crippen MR) is 95.2 cm³/mol. The number of aromatic nitrogens is 3. The van der Waals surface area contributed by atoms with Crippen molar-refractivity contribution < 1.29 is 0 Å². The van der Waals surface area contributed by atoms with Gasteiger partial charge in [0.15, 0.2) is 0 Å². The molecule has 5 heterocycles. The van der Waals surface area contributed by atoms with Gasteiger partial charge >= 0.3 is 0 Å². The molecule has 25 heavy (non-hydrogen) atoms. The van der Waals surface area contributed by atoms with Gasteiger partial charge in [-0.1, -0.05) is 12.1 Å². The lowest BCUT2D eigenvalue weighted by Gasteiger charge is -2.43. The number of pyridine rings is 2. The summed E-state index contributed by atoms with van der Waals surface area (Å²) in [5, 5.41) is 0. The third-order valence-electron chi connectivity index (χ3n) is 5.36. The predicted octanol–water partition coefficient (Wildman–Crippen LogP) is 1.48. The van der Waals surface area contributed by atoms with E-state index in [2.05, 4.69) is 16.0 Å². The number of hydrogen-bond acceptors (Lipinski definition) is 4. The molecule has 5 rings (SSSR count). The minimum atomic E-state index is -0.0621. The molecule has 0 aromatic carbocycles. The van der Waals surface area contributed by atoms with Crippen molar-refractivity contribution in [3.8, 4) is 0 Å². The van der Waals surface area contributed by atoms with E-state index >= 15 is 0 Å². The SMILES string of the molecule is O=c1cccc2n1CC1CC2CN(c2cc(=O)n3ccccc3n2)C1. The fraction of sp³-hybridized carbons (Fsp3) is 0.316. The van der Waals surface area contributed by atoms with Gasteiger partial charge in [-0.2, -0.15) is 0 Å². The first-order valence-electron chi connectivity index (χ1n) is 8.62. The summed E-state index contributed by atoms with van der Waals surface area (Å²) < 4.78 is 3.47. The van der Waals surface area contributed by atoms with Gasteiger partial charge in [0.05, 0.1) is 0 Å². The number of anilines is 1. The Balaban J connectivity index is 1.56. The highest BCUT2D eigenvalue weighted by molar-refractivity contribution is 5.49. The van der Waals surface area contributed by atoms with Crippen LogP contribution in [0.25, 0.3) is 5.65 Å². The van der Waals surface area contributed by atoms with Crippen molar-refractivity contribution in [2.75, 3.05) is 18.0 Å². The summed E-state index contributed by atoms with van der Waals surface area (Å²) >= 11 is 0. The topological polar surface area (TPSA) is 59.6 Å². The molecule has 0 amide bonds. The first-order chi connectivity index (χ1) is 12.2. The second-order valence-electron chi connectivity index (χ2n) is 6.98. The number of piperidine rings is 1. The maximum atomic E-state index is 12.4. The Hall–Kier alpha value is -2.89. The van der Waals surface area contributed by atoms with E-state index in [1.54, 1.807) is 22.7 Å². The van der Waals surface area contributed by atoms with Gasteiger partial charge in [-0.05, 0) is 30.5 Å². The number of fused-ring (bicyclic) bond motifs is 5. The van der Waals surface area contributed by atoms with E-state index in [4.69, 9.17) is 0 Å². The van der Waals surface area contributed by atoms with Crippen LogP contribution >= 0.6 is 0 Å². The second kappa shape index (κ2) is 5.31. The van der Waals surface area contributed by atoms with Crippen molar-refractivity contribution in [2.45, 2.75) is 18.9 Å².